The number of amides is 1. The normalized spacial score (nSPS) is 12.2. The summed E-state index contributed by atoms with van der Waals surface area (Å²) < 4.78 is 9.92. The zero-order chi connectivity index (χ0) is 16.8. The summed E-state index contributed by atoms with van der Waals surface area (Å²) in [5, 5.41) is 2.27. The van der Waals surface area contributed by atoms with Crippen LogP contribution in [0.4, 0.5) is 4.79 Å². The predicted octanol–water partition coefficient (Wildman–Crippen LogP) is 2.33. The van der Waals surface area contributed by atoms with Crippen LogP contribution in [0.1, 0.15) is 38.1 Å². The number of ketones is 1. The highest BCUT2D eigenvalue weighted by molar-refractivity contribution is 6.13. The monoisotopic (exact) mass is 307 g/mol. The van der Waals surface area contributed by atoms with Gasteiger partial charge in [-0.2, -0.15) is 0 Å². The summed E-state index contributed by atoms with van der Waals surface area (Å²) in [6.45, 7) is 6.78. The summed E-state index contributed by atoms with van der Waals surface area (Å²) >= 11 is 0. The lowest BCUT2D eigenvalue weighted by molar-refractivity contribution is -0.144. The Labute approximate surface area is 129 Å². The molecule has 1 amide bonds. The third-order valence-electron chi connectivity index (χ3n) is 2.50. The van der Waals surface area contributed by atoms with Crippen molar-refractivity contribution in [1.29, 1.82) is 0 Å². The van der Waals surface area contributed by atoms with Gasteiger partial charge in [-0.15, -0.1) is 0 Å². The Morgan fingerprint density at radius 1 is 1.14 bits per heavy atom. The number of alkyl carbamates (subject to hydrolysis) is 1. The maximum Gasteiger partial charge on any atom is 0.408 e. The van der Waals surface area contributed by atoms with E-state index in [0.29, 0.717) is 5.56 Å². The number of benzene rings is 1. The first-order valence-corrected chi connectivity index (χ1v) is 7.00. The quantitative estimate of drug-likeness (QED) is 0.513. The Morgan fingerprint density at radius 3 is 2.23 bits per heavy atom. The molecule has 0 aliphatic heterocycles. The van der Waals surface area contributed by atoms with E-state index >= 15 is 0 Å². The highest BCUT2D eigenvalue weighted by Gasteiger charge is 2.32. The molecule has 6 nitrogen and oxygen atoms in total. The van der Waals surface area contributed by atoms with Gasteiger partial charge in [-0.25, -0.2) is 9.59 Å². The molecular weight excluding hydrogens is 286 g/mol. The van der Waals surface area contributed by atoms with Crippen molar-refractivity contribution in [3.8, 4) is 0 Å². The number of hydrogen-bond acceptors (Lipinski definition) is 5. The largest absolute Gasteiger partial charge is 0.464 e. The van der Waals surface area contributed by atoms with Gasteiger partial charge >= 0.3 is 12.1 Å². The number of rotatable bonds is 5. The Bertz CT molecular complexity index is 533. The summed E-state index contributed by atoms with van der Waals surface area (Å²) in [6, 6.07) is 6.78. The first-order valence-electron chi connectivity index (χ1n) is 7.00. The summed E-state index contributed by atoms with van der Waals surface area (Å²) in [5.74, 6) is -1.37. The standard InChI is InChI=1S/C16H21NO5/c1-5-21-14(19)12(17-15(20)22-16(2,3)4)13(18)11-9-7-6-8-10-11/h6-10,12H,5H2,1-4H3,(H,17,20)/t12-/m1/s1. The maximum absolute atomic E-state index is 12.4. The van der Waals surface area contributed by atoms with E-state index in [4.69, 9.17) is 9.47 Å². The van der Waals surface area contributed by atoms with Crippen molar-refractivity contribution >= 4 is 17.8 Å². The Morgan fingerprint density at radius 2 is 1.73 bits per heavy atom. The van der Waals surface area contributed by atoms with Crippen molar-refractivity contribution in [1.82, 2.24) is 5.32 Å². The molecule has 0 saturated heterocycles. The molecule has 0 unspecified atom stereocenters. The Balaban J connectivity index is 2.92. The lowest BCUT2D eigenvalue weighted by atomic mass is 10.0. The lowest BCUT2D eigenvalue weighted by Crippen LogP contribution is -2.49. The number of hydrogen-bond donors (Lipinski definition) is 1. The van der Waals surface area contributed by atoms with Crippen LogP contribution in [0.2, 0.25) is 0 Å². The van der Waals surface area contributed by atoms with E-state index in [1.54, 1.807) is 58.0 Å². The minimum Gasteiger partial charge on any atom is -0.464 e. The van der Waals surface area contributed by atoms with Gasteiger partial charge in [0.05, 0.1) is 6.61 Å². The van der Waals surface area contributed by atoms with Crippen molar-refractivity contribution < 1.29 is 23.9 Å². The summed E-state index contributed by atoms with van der Waals surface area (Å²) in [6.07, 6.45) is -0.852. The average Bonchev–Trinajstić information content (AvgIpc) is 2.43. The molecule has 0 heterocycles. The second-order valence-electron chi connectivity index (χ2n) is 5.56. The molecule has 0 aliphatic carbocycles. The number of Topliss-reactive ketones (excluding diaryl/α,β-unsaturated/α-hetero) is 1. The second kappa shape index (κ2) is 7.59. The summed E-state index contributed by atoms with van der Waals surface area (Å²) in [7, 11) is 0. The molecule has 0 aromatic heterocycles. The van der Waals surface area contributed by atoms with Crippen LogP contribution in [0.15, 0.2) is 30.3 Å². The first-order chi connectivity index (χ1) is 10.2. The van der Waals surface area contributed by atoms with Gasteiger partial charge in [-0.05, 0) is 27.7 Å². The molecule has 22 heavy (non-hydrogen) atoms. The molecule has 1 rings (SSSR count). The number of nitrogens with one attached hydrogen (secondary N) is 1. The molecule has 1 N–H and O–H groups in total. The fraction of sp³-hybridized carbons (Fsp3) is 0.438. The average molecular weight is 307 g/mol. The van der Waals surface area contributed by atoms with Gasteiger partial charge in [0, 0.05) is 5.56 Å². The van der Waals surface area contributed by atoms with Gasteiger partial charge in [-0.3, -0.25) is 4.79 Å². The van der Waals surface area contributed by atoms with E-state index < -0.39 is 29.5 Å². The highest BCUT2D eigenvalue weighted by atomic mass is 16.6. The predicted molar refractivity (Wildman–Crippen MR) is 80.6 cm³/mol. The van der Waals surface area contributed by atoms with E-state index in [1.807, 2.05) is 0 Å². The van der Waals surface area contributed by atoms with Gasteiger partial charge in [0.1, 0.15) is 5.60 Å². The zero-order valence-corrected chi connectivity index (χ0v) is 13.2. The minimum absolute atomic E-state index is 0.105. The SMILES string of the molecule is CCOC(=O)[C@H](NC(=O)OC(C)(C)C)C(=O)c1ccccc1. The number of carbonyl (C=O) groups excluding carboxylic acids is 3. The summed E-state index contributed by atoms with van der Waals surface area (Å²) in [5.41, 5.74) is -0.435. The molecule has 0 fully saturated rings. The van der Waals surface area contributed by atoms with Gasteiger partial charge in [0.15, 0.2) is 11.8 Å². The van der Waals surface area contributed by atoms with Crippen molar-refractivity contribution in [3.05, 3.63) is 35.9 Å². The first kappa shape index (κ1) is 17.7. The van der Waals surface area contributed by atoms with Gasteiger partial charge in [-0.1, -0.05) is 30.3 Å². The molecule has 1 atom stereocenters. The van der Waals surface area contributed by atoms with Crippen LogP contribution >= 0.6 is 0 Å². The van der Waals surface area contributed by atoms with Crippen molar-refractivity contribution in [3.63, 3.8) is 0 Å². The van der Waals surface area contributed by atoms with Crippen LogP contribution in [0, 0.1) is 0 Å². The van der Waals surface area contributed by atoms with Crippen LogP contribution in [0.3, 0.4) is 0 Å². The van der Waals surface area contributed by atoms with Gasteiger partial charge < -0.3 is 14.8 Å². The molecule has 6 heteroatoms. The fourth-order valence-electron chi connectivity index (χ4n) is 1.65. The molecular formula is C16H21NO5. The number of carbonyl (C=O) groups is 3. The number of ether oxygens (including phenoxy) is 2. The van der Waals surface area contributed by atoms with E-state index in [0.717, 1.165) is 0 Å². The van der Waals surface area contributed by atoms with Crippen LogP contribution in [0.5, 0.6) is 0 Å². The van der Waals surface area contributed by atoms with Crippen LogP contribution in [-0.4, -0.2) is 36.1 Å². The molecule has 0 saturated carbocycles. The van der Waals surface area contributed by atoms with E-state index in [1.165, 1.54) is 0 Å². The molecule has 120 valence electrons. The van der Waals surface area contributed by atoms with Gasteiger partial charge in [0.2, 0.25) is 0 Å². The third-order valence-corrected chi connectivity index (χ3v) is 2.50. The molecule has 1 aromatic rings. The van der Waals surface area contributed by atoms with Crippen molar-refractivity contribution in [2.45, 2.75) is 39.3 Å². The molecule has 0 bridgehead atoms. The summed E-state index contributed by atoms with van der Waals surface area (Å²) in [4.78, 5) is 36.2. The fourth-order valence-corrected chi connectivity index (χ4v) is 1.65. The van der Waals surface area contributed by atoms with E-state index in [-0.39, 0.29) is 6.61 Å². The van der Waals surface area contributed by atoms with Crippen molar-refractivity contribution in [2.75, 3.05) is 6.61 Å². The van der Waals surface area contributed by atoms with E-state index in [2.05, 4.69) is 5.32 Å². The van der Waals surface area contributed by atoms with Crippen LogP contribution in [0.25, 0.3) is 0 Å². The number of esters is 1. The molecule has 0 spiro atoms. The van der Waals surface area contributed by atoms with Gasteiger partial charge in [0.25, 0.3) is 0 Å². The van der Waals surface area contributed by atoms with Crippen LogP contribution in [-0.2, 0) is 14.3 Å². The minimum atomic E-state index is -1.43. The Hall–Kier alpha value is -2.37. The molecule has 1 aromatic carbocycles. The maximum atomic E-state index is 12.4. The van der Waals surface area contributed by atoms with Crippen molar-refractivity contribution in [2.24, 2.45) is 0 Å². The zero-order valence-electron chi connectivity index (χ0n) is 13.2. The highest BCUT2D eigenvalue weighted by Crippen LogP contribution is 2.09. The molecule has 0 radical (unpaired) electrons. The lowest BCUT2D eigenvalue weighted by Gasteiger charge is -2.22. The van der Waals surface area contributed by atoms with Crippen LogP contribution < -0.4 is 5.32 Å². The molecule has 0 aliphatic rings. The van der Waals surface area contributed by atoms with E-state index in [9.17, 15) is 14.4 Å². The smallest absolute Gasteiger partial charge is 0.408 e. The Kier molecular flexibility index (Phi) is 6.10. The third kappa shape index (κ3) is 5.55. The second-order valence-corrected chi connectivity index (χ2v) is 5.56. The topological polar surface area (TPSA) is 81.7 Å².